The molecule has 0 bridgehead atoms. The van der Waals surface area contributed by atoms with E-state index in [2.05, 4.69) is 76.3 Å². The predicted molar refractivity (Wildman–Crippen MR) is 190 cm³/mol. The highest BCUT2D eigenvalue weighted by Crippen LogP contribution is 2.21. The summed E-state index contributed by atoms with van der Waals surface area (Å²) in [7, 11) is 0. The molecule has 0 saturated carbocycles. The molecule has 58 heavy (non-hydrogen) atoms. The van der Waals surface area contributed by atoms with Crippen LogP contribution in [0.4, 0.5) is 39.5 Å². The van der Waals surface area contributed by atoms with Crippen molar-refractivity contribution in [3.05, 3.63) is 89.1 Å². The molecule has 3 heterocycles. The molecular formula is C37H42F9N5O7. The Morgan fingerprint density at radius 3 is 1.84 bits per heavy atom. The molecule has 0 aliphatic carbocycles. The van der Waals surface area contributed by atoms with Crippen LogP contribution in [0.25, 0.3) is 11.3 Å². The van der Waals surface area contributed by atoms with E-state index in [0.717, 1.165) is 73.8 Å². The number of benzene rings is 2. The smallest absolute Gasteiger partial charge is 0.475 e. The van der Waals surface area contributed by atoms with Crippen LogP contribution in [0.3, 0.4) is 0 Å². The Hall–Kier alpha value is -5.28. The van der Waals surface area contributed by atoms with E-state index in [1.165, 1.54) is 18.4 Å². The van der Waals surface area contributed by atoms with Crippen molar-refractivity contribution in [1.29, 1.82) is 0 Å². The van der Waals surface area contributed by atoms with Gasteiger partial charge >= 0.3 is 36.4 Å². The minimum atomic E-state index is -5.08. The van der Waals surface area contributed by atoms with Gasteiger partial charge in [0.1, 0.15) is 0 Å². The van der Waals surface area contributed by atoms with Crippen molar-refractivity contribution in [3.8, 4) is 11.3 Å². The van der Waals surface area contributed by atoms with Crippen molar-refractivity contribution in [2.45, 2.75) is 63.8 Å². The van der Waals surface area contributed by atoms with Crippen LogP contribution in [-0.4, -0.2) is 106 Å². The van der Waals surface area contributed by atoms with E-state index in [0.29, 0.717) is 18.5 Å². The zero-order chi connectivity index (χ0) is 43.7. The average Bonchev–Trinajstić information content (AvgIpc) is 3.14. The molecule has 5 rings (SSSR count). The van der Waals surface area contributed by atoms with E-state index in [1.54, 1.807) is 0 Å². The monoisotopic (exact) mass is 839 g/mol. The number of rotatable bonds is 8. The number of aliphatic carboxylic acids is 3. The number of nitrogens with one attached hydrogen (secondary N) is 3. The van der Waals surface area contributed by atoms with E-state index in [1.807, 2.05) is 18.2 Å². The summed E-state index contributed by atoms with van der Waals surface area (Å²) >= 11 is 0. The summed E-state index contributed by atoms with van der Waals surface area (Å²) in [4.78, 5) is 47.0. The number of amides is 1. The lowest BCUT2D eigenvalue weighted by Crippen LogP contribution is -2.48. The van der Waals surface area contributed by atoms with Crippen molar-refractivity contribution >= 4 is 23.8 Å². The highest BCUT2D eigenvalue weighted by Gasteiger charge is 2.39. The number of alkyl halides is 9. The summed E-state index contributed by atoms with van der Waals surface area (Å²) in [6.45, 7) is 8.90. The number of carbonyl (C=O) groups is 4. The number of carboxylic acids is 3. The first-order valence-corrected chi connectivity index (χ1v) is 17.4. The molecule has 12 nitrogen and oxygen atoms in total. The molecule has 3 aromatic rings. The molecule has 0 unspecified atom stereocenters. The first kappa shape index (κ1) is 48.9. The minimum absolute atomic E-state index is 0.0251. The molecule has 0 radical (unpaired) electrons. The number of hydrogen-bond donors (Lipinski definition) is 6. The predicted octanol–water partition coefficient (Wildman–Crippen LogP) is 5.91. The second-order valence-corrected chi connectivity index (χ2v) is 13.0. The van der Waals surface area contributed by atoms with Crippen LogP contribution >= 0.6 is 0 Å². The Morgan fingerprint density at radius 1 is 0.759 bits per heavy atom. The van der Waals surface area contributed by atoms with Gasteiger partial charge < -0.3 is 31.3 Å². The molecule has 2 aliphatic rings. The Labute approximate surface area is 326 Å². The van der Waals surface area contributed by atoms with Crippen LogP contribution in [0, 0.1) is 5.92 Å². The maximum atomic E-state index is 12.9. The van der Waals surface area contributed by atoms with Gasteiger partial charge in [-0.25, -0.2) is 14.4 Å². The number of carbonyl (C=O) groups excluding carboxylic acids is 1. The van der Waals surface area contributed by atoms with E-state index in [9.17, 15) is 44.3 Å². The summed E-state index contributed by atoms with van der Waals surface area (Å²) in [5, 5.41) is 31.4. The molecule has 320 valence electrons. The molecule has 6 N–H and O–H groups in total. The Bertz CT molecular complexity index is 1740. The largest absolute Gasteiger partial charge is 0.490 e. The fraction of sp³-hybridized carbons (Fsp3) is 0.432. The third-order valence-corrected chi connectivity index (χ3v) is 8.22. The molecule has 1 atom stereocenters. The average molecular weight is 840 g/mol. The van der Waals surface area contributed by atoms with E-state index in [-0.39, 0.29) is 5.91 Å². The maximum absolute atomic E-state index is 12.9. The number of hydrogen-bond acceptors (Lipinski definition) is 8. The van der Waals surface area contributed by atoms with Crippen LogP contribution in [-0.2, 0) is 33.9 Å². The lowest BCUT2D eigenvalue weighted by Gasteiger charge is -2.31. The molecule has 21 heteroatoms. The van der Waals surface area contributed by atoms with Crippen LogP contribution in [0.5, 0.6) is 0 Å². The summed E-state index contributed by atoms with van der Waals surface area (Å²) in [5.41, 5.74) is 6.20. The number of halogens is 9. The molecule has 2 fully saturated rings. The second kappa shape index (κ2) is 22.6. The van der Waals surface area contributed by atoms with Gasteiger partial charge in [0.25, 0.3) is 5.91 Å². The lowest BCUT2D eigenvalue weighted by atomic mass is 9.90. The SMILES string of the molecule is C[C@H]1CN(Cc2cccc(-c3cccc(CNC(=O)c4cccc(CC5CCNCC5)c4)c3)n2)CCN1.O=C(O)C(F)(F)F.O=C(O)C(F)(F)F.O=C(O)C(F)(F)F. The second-order valence-electron chi connectivity index (χ2n) is 13.0. The van der Waals surface area contributed by atoms with Crippen molar-refractivity contribution in [3.63, 3.8) is 0 Å². The molecule has 1 amide bonds. The zero-order valence-electron chi connectivity index (χ0n) is 30.8. The van der Waals surface area contributed by atoms with Crippen LogP contribution < -0.4 is 16.0 Å². The number of piperidine rings is 1. The van der Waals surface area contributed by atoms with Crippen molar-refractivity contribution in [2.75, 3.05) is 32.7 Å². The number of piperazine rings is 1. The topological polar surface area (TPSA) is 181 Å². The summed E-state index contributed by atoms with van der Waals surface area (Å²) < 4.78 is 95.2. The van der Waals surface area contributed by atoms with Gasteiger partial charge in [0.2, 0.25) is 0 Å². The van der Waals surface area contributed by atoms with Crippen LogP contribution in [0.1, 0.15) is 46.9 Å². The molecular weight excluding hydrogens is 797 g/mol. The van der Waals surface area contributed by atoms with Gasteiger partial charge in [-0.2, -0.15) is 39.5 Å². The van der Waals surface area contributed by atoms with Crippen LogP contribution in [0.2, 0.25) is 0 Å². The third-order valence-electron chi connectivity index (χ3n) is 8.22. The molecule has 2 saturated heterocycles. The standard InChI is InChI=1S/C31H39N5O.3C2HF3O2/c1-23-21-36(16-15-33-23)22-29-9-4-10-30(35-29)27-7-3-6-26(19-27)20-34-31(37)28-8-2-5-25(18-28)17-24-11-13-32-14-12-24;3*3-2(4,5)1(6)7/h2-10,18-19,23-24,32-33H,11-17,20-22H2,1H3,(H,34,37);3*(H,6,7)/t23-;;;/m0.../s1. The lowest BCUT2D eigenvalue weighted by molar-refractivity contribution is -0.193. The van der Waals surface area contributed by atoms with E-state index >= 15 is 0 Å². The summed E-state index contributed by atoms with van der Waals surface area (Å²) in [6.07, 6.45) is -11.8. The van der Waals surface area contributed by atoms with E-state index in [4.69, 9.17) is 34.7 Å². The quantitative estimate of drug-likeness (QED) is 0.148. The third kappa shape index (κ3) is 18.8. The first-order valence-electron chi connectivity index (χ1n) is 17.4. The fourth-order valence-electron chi connectivity index (χ4n) is 5.50. The first-order chi connectivity index (χ1) is 26.9. The number of aromatic nitrogens is 1. The highest BCUT2D eigenvalue weighted by atomic mass is 19.4. The van der Waals surface area contributed by atoms with Crippen molar-refractivity contribution < 1.29 is 74.0 Å². The number of pyridine rings is 1. The normalized spacial score (nSPS) is 16.2. The summed E-state index contributed by atoms with van der Waals surface area (Å²) in [6, 6.07) is 23.2. The van der Waals surface area contributed by atoms with Gasteiger partial charge in [0, 0.05) is 49.9 Å². The number of nitrogens with zero attached hydrogens (tertiary/aromatic N) is 2. The van der Waals surface area contributed by atoms with Gasteiger partial charge in [-0.1, -0.05) is 36.4 Å². The van der Waals surface area contributed by atoms with E-state index < -0.39 is 36.4 Å². The Kier molecular flexibility index (Phi) is 19.0. The van der Waals surface area contributed by atoms with Gasteiger partial charge in [0.15, 0.2) is 0 Å². The van der Waals surface area contributed by atoms with Gasteiger partial charge in [0.05, 0.1) is 11.4 Å². The molecule has 2 aromatic carbocycles. The Balaban J connectivity index is 0.000000453. The maximum Gasteiger partial charge on any atom is 0.490 e. The minimum Gasteiger partial charge on any atom is -0.475 e. The fourth-order valence-corrected chi connectivity index (χ4v) is 5.50. The van der Waals surface area contributed by atoms with Gasteiger partial charge in [-0.3, -0.25) is 14.7 Å². The molecule has 2 aliphatic heterocycles. The highest BCUT2D eigenvalue weighted by molar-refractivity contribution is 5.94. The van der Waals surface area contributed by atoms with Gasteiger partial charge in [-0.05, 0) is 86.7 Å². The van der Waals surface area contributed by atoms with Crippen molar-refractivity contribution in [2.24, 2.45) is 5.92 Å². The zero-order valence-corrected chi connectivity index (χ0v) is 30.8. The van der Waals surface area contributed by atoms with Gasteiger partial charge in [-0.15, -0.1) is 0 Å². The Morgan fingerprint density at radius 2 is 1.29 bits per heavy atom. The molecule has 0 spiro atoms. The summed E-state index contributed by atoms with van der Waals surface area (Å²) in [5.74, 6) is -7.59. The number of carboxylic acid groups (broad SMARTS) is 3. The van der Waals surface area contributed by atoms with Crippen molar-refractivity contribution in [1.82, 2.24) is 25.8 Å². The van der Waals surface area contributed by atoms with Crippen LogP contribution in [0.15, 0.2) is 66.7 Å². The molecule has 1 aromatic heterocycles.